The van der Waals surface area contributed by atoms with Crippen LogP contribution in [0.5, 0.6) is 0 Å². The highest BCUT2D eigenvalue weighted by Gasteiger charge is 2.40. The lowest BCUT2D eigenvalue weighted by molar-refractivity contribution is -0.138. The maximum absolute atomic E-state index is 11.1. The lowest BCUT2D eigenvalue weighted by Crippen LogP contribution is -2.24. The maximum Gasteiger partial charge on any atom is 0.303 e. The van der Waals surface area contributed by atoms with Crippen LogP contribution in [0.2, 0.25) is 0 Å². The van der Waals surface area contributed by atoms with Gasteiger partial charge in [0.05, 0.1) is 12.2 Å². The molecule has 0 spiro atoms. The van der Waals surface area contributed by atoms with Gasteiger partial charge in [0.2, 0.25) is 0 Å². The van der Waals surface area contributed by atoms with Gasteiger partial charge in [-0.3, -0.25) is 14.4 Å². The molecular formula is C18H29N3O2. The third kappa shape index (κ3) is 3.94. The van der Waals surface area contributed by atoms with Crippen molar-refractivity contribution in [2.24, 2.45) is 11.3 Å². The second kappa shape index (κ2) is 6.63. The molecule has 0 bridgehead atoms. The summed E-state index contributed by atoms with van der Waals surface area (Å²) < 4.78 is 2.16. The third-order valence-electron chi connectivity index (χ3n) is 5.65. The van der Waals surface area contributed by atoms with E-state index >= 15 is 0 Å². The van der Waals surface area contributed by atoms with Gasteiger partial charge in [-0.25, -0.2) is 0 Å². The molecule has 3 rings (SSSR count). The van der Waals surface area contributed by atoms with E-state index in [4.69, 9.17) is 5.11 Å². The second-order valence-electron chi connectivity index (χ2n) is 8.07. The molecule has 23 heavy (non-hydrogen) atoms. The second-order valence-corrected chi connectivity index (χ2v) is 8.07. The predicted octanol–water partition coefficient (Wildman–Crippen LogP) is 3.32. The highest BCUT2D eigenvalue weighted by atomic mass is 16.4. The number of aliphatic carboxylic acids is 1. The molecule has 0 amide bonds. The van der Waals surface area contributed by atoms with Crippen LogP contribution in [-0.4, -0.2) is 38.8 Å². The first-order valence-electron chi connectivity index (χ1n) is 8.91. The van der Waals surface area contributed by atoms with E-state index in [1.54, 1.807) is 0 Å². The number of carbonyl (C=O) groups is 1. The highest BCUT2D eigenvalue weighted by molar-refractivity contribution is 5.67. The molecule has 5 nitrogen and oxygen atoms in total. The molecule has 1 N–H and O–H groups in total. The normalized spacial score (nSPS) is 25.7. The van der Waals surface area contributed by atoms with E-state index in [2.05, 4.69) is 34.7 Å². The molecule has 1 atom stereocenters. The number of rotatable bonds is 5. The first-order valence-corrected chi connectivity index (χ1v) is 8.91. The van der Waals surface area contributed by atoms with Crippen LogP contribution < -0.4 is 0 Å². The molecule has 1 aliphatic heterocycles. The molecule has 1 aromatic rings. The largest absolute Gasteiger partial charge is 0.481 e. The average molecular weight is 319 g/mol. The van der Waals surface area contributed by atoms with Crippen molar-refractivity contribution in [3.63, 3.8) is 0 Å². The quantitative estimate of drug-likeness (QED) is 0.904. The molecular weight excluding hydrogens is 290 g/mol. The molecule has 1 aromatic heterocycles. The van der Waals surface area contributed by atoms with Gasteiger partial charge in [0.1, 0.15) is 0 Å². The minimum absolute atomic E-state index is 0.0672. The van der Waals surface area contributed by atoms with Crippen molar-refractivity contribution >= 4 is 5.97 Å². The Morgan fingerprint density at radius 1 is 1.35 bits per heavy atom. The van der Waals surface area contributed by atoms with Crippen LogP contribution in [0.15, 0.2) is 12.4 Å². The summed E-state index contributed by atoms with van der Waals surface area (Å²) in [5.74, 6) is -0.455. The smallest absolute Gasteiger partial charge is 0.303 e. The Morgan fingerprint density at radius 2 is 2.09 bits per heavy atom. The topological polar surface area (TPSA) is 58.4 Å². The van der Waals surface area contributed by atoms with Crippen molar-refractivity contribution < 1.29 is 9.90 Å². The van der Waals surface area contributed by atoms with Gasteiger partial charge in [-0.2, -0.15) is 5.10 Å². The standard InChI is InChI=1S/C18H29N3O2/c1-18(2)13-20(12-15(18)8-17(22)23)10-14-9-19-21(11-14)16-6-4-3-5-7-16/h9,11,15-16H,3-8,10,12-13H2,1-2H3,(H,22,23). The van der Waals surface area contributed by atoms with Crippen molar-refractivity contribution in [3.05, 3.63) is 18.0 Å². The summed E-state index contributed by atoms with van der Waals surface area (Å²) in [5, 5.41) is 13.7. The van der Waals surface area contributed by atoms with E-state index in [9.17, 15) is 4.79 Å². The minimum Gasteiger partial charge on any atom is -0.481 e. The summed E-state index contributed by atoms with van der Waals surface area (Å²) in [5.41, 5.74) is 1.32. The van der Waals surface area contributed by atoms with Crippen molar-refractivity contribution in [3.8, 4) is 0 Å². The van der Waals surface area contributed by atoms with Gasteiger partial charge in [-0.05, 0) is 24.2 Å². The van der Waals surface area contributed by atoms with Gasteiger partial charge in [-0.1, -0.05) is 33.1 Å². The zero-order chi connectivity index (χ0) is 16.4. The Hall–Kier alpha value is -1.36. The van der Waals surface area contributed by atoms with Crippen LogP contribution in [0.4, 0.5) is 0 Å². The van der Waals surface area contributed by atoms with Crippen LogP contribution in [-0.2, 0) is 11.3 Å². The lowest BCUT2D eigenvalue weighted by Gasteiger charge is -2.24. The molecule has 1 unspecified atom stereocenters. The van der Waals surface area contributed by atoms with E-state index in [1.165, 1.54) is 37.7 Å². The molecule has 5 heteroatoms. The van der Waals surface area contributed by atoms with E-state index in [0.717, 1.165) is 19.6 Å². The fourth-order valence-corrected chi connectivity index (χ4v) is 4.26. The lowest BCUT2D eigenvalue weighted by atomic mass is 9.80. The van der Waals surface area contributed by atoms with E-state index < -0.39 is 5.97 Å². The minimum atomic E-state index is -0.685. The van der Waals surface area contributed by atoms with Gasteiger partial charge in [-0.15, -0.1) is 0 Å². The van der Waals surface area contributed by atoms with Crippen LogP contribution in [0, 0.1) is 11.3 Å². The first-order chi connectivity index (χ1) is 10.9. The number of hydrogen-bond acceptors (Lipinski definition) is 3. The van der Waals surface area contributed by atoms with E-state index in [-0.39, 0.29) is 17.8 Å². The number of carboxylic acids is 1. The van der Waals surface area contributed by atoms with Crippen molar-refractivity contribution in [1.82, 2.24) is 14.7 Å². The van der Waals surface area contributed by atoms with Gasteiger partial charge in [0.25, 0.3) is 0 Å². The van der Waals surface area contributed by atoms with Gasteiger partial charge in [0, 0.05) is 37.8 Å². The highest BCUT2D eigenvalue weighted by Crippen LogP contribution is 2.38. The van der Waals surface area contributed by atoms with Gasteiger partial charge >= 0.3 is 5.97 Å². The molecule has 1 aliphatic carbocycles. The van der Waals surface area contributed by atoms with Crippen LogP contribution >= 0.6 is 0 Å². The summed E-state index contributed by atoms with van der Waals surface area (Å²) in [7, 11) is 0. The molecule has 128 valence electrons. The van der Waals surface area contributed by atoms with Gasteiger partial charge < -0.3 is 5.11 Å². The Labute approximate surface area is 138 Å². The number of likely N-dealkylation sites (tertiary alicyclic amines) is 1. The number of hydrogen-bond donors (Lipinski definition) is 1. The Morgan fingerprint density at radius 3 is 2.78 bits per heavy atom. The van der Waals surface area contributed by atoms with Crippen molar-refractivity contribution in [2.45, 2.75) is 65.0 Å². The summed E-state index contributed by atoms with van der Waals surface area (Å²) >= 11 is 0. The zero-order valence-corrected chi connectivity index (χ0v) is 14.4. The van der Waals surface area contributed by atoms with E-state index in [0.29, 0.717) is 6.04 Å². The zero-order valence-electron chi connectivity index (χ0n) is 14.4. The molecule has 1 saturated heterocycles. The summed E-state index contributed by atoms with van der Waals surface area (Å²) in [4.78, 5) is 13.4. The Balaban J connectivity index is 1.59. The fourth-order valence-electron chi connectivity index (χ4n) is 4.26. The Kier molecular flexibility index (Phi) is 4.76. The first kappa shape index (κ1) is 16.5. The number of nitrogens with zero attached hydrogens (tertiary/aromatic N) is 3. The maximum atomic E-state index is 11.1. The van der Waals surface area contributed by atoms with Gasteiger partial charge in [0.15, 0.2) is 0 Å². The monoisotopic (exact) mass is 319 g/mol. The van der Waals surface area contributed by atoms with Crippen LogP contribution in [0.25, 0.3) is 0 Å². The SMILES string of the molecule is CC1(C)CN(Cc2cnn(C3CCCCC3)c2)CC1CC(=O)O. The van der Waals surface area contributed by atoms with E-state index in [1.807, 2.05) is 6.20 Å². The molecule has 2 heterocycles. The molecule has 2 fully saturated rings. The summed E-state index contributed by atoms with van der Waals surface area (Å²) in [6.07, 6.45) is 11.0. The number of aromatic nitrogens is 2. The summed E-state index contributed by atoms with van der Waals surface area (Å²) in [6.45, 7) is 7.08. The average Bonchev–Trinajstić information content (AvgIpc) is 3.05. The Bertz CT molecular complexity index is 546. The fraction of sp³-hybridized carbons (Fsp3) is 0.778. The van der Waals surface area contributed by atoms with Crippen LogP contribution in [0.1, 0.15) is 64.0 Å². The number of carboxylic acid groups (broad SMARTS) is 1. The third-order valence-corrected chi connectivity index (χ3v) is 5.65. The summed E-state index contributed by atoms with van der Waals surface area (Å²) in [6, 6.07) is 0.576. The van der Waals surface area contributed by atoms with Crippen molar-refractivity contribution in [1.29, 1.82) is 0 Å². The molecule has 2 aliphatic rings. The van der Waals surface area contributed by atoms with Crippen molar-refractivity contribution in [2.75, 3.05) is 13.1 Å². The predicted molar refractivity (Wildman–Crippen MR) is 89.1 cm³/mol. The molecule has 0 aromatic carbocycles. The molecule has 0 radical (unpaired) electrons. The van der Waals surface area contributed by atoms with Crippen LogP contribution in [0.3, 0.4) is 0 Å². The molecule has 1 saturated carbocycles.